The zero-order valence-corrected chi connectivity index (χ0v) is 15.6. The quantitative estimate of drug-likeness (QED) is 0.771. The topological polar surface area (TPSA) is 82.7 Å². The van der Waals surface area contributed by atoms with Gasteiger partial charge in [0.25, 0.3) is 0 Å². The molecule has 0 radical (unpaired) electrons. The molecule has 27 heavy (non-hydrogen) atoms. The molecule has 140 valence electrons. The summed E-state index contributed by atoms with van der Waals surface area (Å²) in [5.41, 5.74) is 9.98. The first-order valence-corrected chi connectivity index (χ1v) is 8.80. The van der Waals surface area contributed by atoms with Gasteiger partial charge >= 0.3 is 6.03 Å². The Hall–Kier alpha value is -3.28. The molecule has 0 aliphatic carbocycles. The first-order chi connectivity index (χ1) is 13.1. The third kappa shape index (κ3) is 3.65. The molecular formula is C21H24N4O2. The Bertz CT molecular complexity index is 892. The summed E-state index contributed by atoms with van der Waals surface area (Å²) in [6, 6.07) is 13.6. The molecule has 2 amide bonds. The Morgan fingerprint density at radius 3 is 2.70 bits per heavy atom. The van der Waals surface area contributed by atoms with Crippen molar-refractivity contribution in [2.75, 3.05) is 25.1 Å². The molecule has 6 heteroatoms. The maximum absolute atomic E-state index is 12.9. The summed E-state index contributed by atoms with van der Waals surface area (Å²) in [7, 11) is 1.57. The highest BCUT2D eigenvalue weighted by molar-refractivity contribution is 6.09. The van der Waals surface area contributed by atoms with E-state index < -0.39 is 0 Å². The Balaban J connectivity index is 1.82. The number of hydrogen-bond acceptors (Lipinski definition) is 4. The van der Waals surface area contributed by atoms with E-state index in [1.807, 2.05) is 35.2 Å². The number of anilines is 1. The predicted octanol–water partition coefficient (Wildman–Crippen LogP) is 3.39. The van der Waals surface area contributed by atoms with E-state index in [9.17, 15) is 4.79 Å². The van der Waals surface area contributed by atoms with E-state index in [1.54, 1.807) is 12.0 Å². The van der Waals surface area contributed by atoms with Crippen LogP contribution in [0.25, 0.3) is 5.57 Å². The largest absolute Gasteiger partial charge is 0.496 e. The summed E-state index contributed by atoms with van der Waals surface area (Å²) >= 11 is 0. The first kappa shape index (κ1) is 18.5. The van der Waals surface area contributed by atoms with E-state index in [-0.39, 0.29) is 6.03 Å². The maximum atomic E-state index is 12.9. The molecule has 0 unspecified atom stereocenters. The van der Waals surface area contributed by atoms with E-state index in [1.165, 1.54) is 18.0 Å². The lowest BCUT2D eigenvalue weighted by atomic mass is 10.1. The van der Waals surface area contributed by atoms with Crippen molar-refractivity contribution in [2.24, 2.45) is 5.73 Å². The monoisotopic (exact) mass is 364 g/mol. The molecule has 3 rings (SSSR count). The van der Waals surface area contributed by atoms with Crippen LogP contribution in [0.1, 0.15) is 16.7 Å². The molecular weight excluding hydrogens is 340 g/mol. The van der Waals surface area contributed by atoms with Gasteiger partial charge in [0.05, 0.1) is 7.11 Å². The fourth-order valence-corrected chi connectivity index (χ4v) is 3.26. The minimum absolute atomic E-state index is 0.0188. The Morgan fingerprint density at radius 2 is 2.04 bits per heavy atom. The fraction of sp³-hybridized carbons (Fsp3) is 0.238. The van der Waals surface area contributed by atoms with Crippen molar-refractivity contribution in [2.45, 2.75) is 13.5 Å². The number of carbonyl (C=O) groups excluding carboxylic acids is 1. The van der Waals surface area contributed by atoms with Gasteiger partial charge in [-0.1, -0.05) is 24.3 Å². The normalized spacial score (nSPS) is 14.6. The van der Waals surface area contributed by atoms with Gasteiger partial charge in [-0.05, 0) is 30.2 Å². The van der Waals surface area contributed by atoms with Crippen LogP contribution in [0.2, 0.25) is 0 Å². The average Bonchev–Trinajstić information content (AvgIpc) is 3.05. The predicted molar refractivity (Wildman–Crippen MR) is 108 cm³/mol. The van der Waals surface area contributed by atoms with E-state index in [0.29, 0.717) is 31.0 Å². The van der Waals surface area contributed by atoms with Crippen LogP contribution in [0.5, 0.6) is 5.75 Å². The third-order valence-corrected chi connectivity index (χ3v) is 4.86. The molecule has 2 aromatic carbocycles. The Kier molecular flexibility index (Phi) is 5.45. The molecule has 0 spiro atoms. The standard InChI is InChI=1S/C21H24N4O2/c1-15-5-3-4-6-16(15)14-24-9-10-25(21(24)26)18-7-8-19(17(12-22)13-23)20(11-18)27-2/h3-8,11-13,22H,9-10,14,23H2,1-2H3/b17-13+,22-12?. The van der Waals surface area contributed by atoms with Crippen LogP contribution in [0.3, 0.4) is 0 Å². The molecule has 3 N–H and O–H groups in total. The lowest BCUT2D eigenvalue weighted by molar-refractivity contribution is 0.218. The van der Waals surface area contributed by atoms with Gasteiger partial charge in [0.1, 0.15) is 5.75 Å². The number of nitrogens with one attached hydrogen (secondary N) is 1. The second-order valence-corrected chi connectivity index (χ2v) is 6.43. The number of carbonyl (C=O) groups is 1. The van der Waals surface area contributed by atoms with Gasteiger partial charge in [0.15, 0.2) is 0 Å². The molecule has 1 aliphatic heterocycles. The van der Waals surface area contributed by atoms with Gasteiger partial charge in [0.2, 0.25) is 0 Å². The van der Waals surface area contributed by atoms with Crippen LogP contribution in [-0.2, 0) is 6.54 Å². The van der Waals surface area contributed by atoms with Crippen molar-refractivity contribution in [3.63, 3.8) is 0 Å². The second-order valence-electron chi connectivity index (χ2n) is 6.43. The summed E-state index contributed by atoms with van der Waals surface area (Å²) < 4.78 is 5.45. The summed E-state index contributed by atoms with van der Waals surface area (Å²) in [6.45, 7) is 3.96. The number of allylic oxidation sites excluding steroid dienone is 1. The van der Waals surface area contributed by atoms with Crippen molar-refractivity contribution in [1.82, 2.24) is 4.90 Å². The molecule has 0 bridgehead atoms. The number of nitrogens with zero attached hydrogens (tertiary/aromatic N) is 2. The molecule has 1 aliphatic rings. The summed E-state index contributed by atoms with van der Waals surface area (Å²) in [5, 5.41) is 7.47. The average molecular weight is 364 g/mol. The molecule has 1 saturated heterocycles. The minimum atomic E-state index is -0.0188. The number of benzene rings is 2. The van der Waals surface area contributed by atoms with E-state index >= 15 is 0 Å². The van der Waals surface area contributed by atoms with Gasteiger partial charge in [-0.25, -0.2) is 4.79 Å². The zero-order chi connectivity index (χ0) is 19.4. The SMILES string of the molecule is COc1cc(N2CCN(Cc3ccccc3C)C2=O)ccc1/C(C=N)=C/N. The number of urea groups is 1. The fourth-order valence-electron chi connectivity index (χ4n) is 3.26. The number of aryl methyl sites for hydroxylation is 1. The molecule has 1 fully saturated rings. The van der Waals surface area contributed by atoms with E-state index in [4.69, 9.17) is 15.9 Å². The van der Waals surface area contributed by atoms with Crippen molar-refractivity contribution < 1.29 is 9.53 Å². The zero-order valence-electron chi connectivity index (χ0n) is 15.6. The van der Waals surface area contributed by atoms with Crippen LogP contribution in [0.4, 0.5) is 10.5 Å². The summed E-state index contributed by atoms with van der Waals surface area (Å²) in [6.07, 6.45) is 2.55. The number of methoxy groups -OCH3 is 1. The highest BCUT2D eigenvalue weighted by atomic mass is 16.5. The Morgan fingerprint density at radius 1 is 1.26 bits per heavy atom. The van der Waals surface area contributed by atoms with E-state index in [0.717, 1.165) is 16.8 Å². The number of nitrogens with two attached hydrogens (primary N) is 1. The van der Waals surface area contributed by atoms with Crippen LogP contribution < -0.4 is 15.4 Å². The lowest BCUT2D eigenvalue weighted by Gasteiger charge is -2.20. The second kappa shape index (κ2) is 7.95. The Labute approximate surface area is 159 Å². The molecule has 1 heterocycles. The lowest BCUT2D eigenvalue weighted by Crippen LogP contribution is -2.31. The van der Waals surface area contributed by atoms with Crippen molar-refractivity contribution in [3.05, 3.63) is 65.4 Å². The van der Waals surface area contributed by atoms with Crippen LogP contribution >= 0.6 is 0 Å². The van der Waals surface area contributed by atoms with Crippen LogP contribution in [0, 0.1) is 12.3 Å². The highest BCUT2D eigenvalue weighted by Gasteiger charge is 2.30. The van der Waals surface area contributed by atoms with Gasteiger partial charge in [0, 0.05) is 54.9 Å². The minimum Gasteiger partial charge on any atom is -0.496 e. The van der Waals surface area contributed by atoms with Crippen LogP contribution in [0.15, 0.2) is 48.7 Å². The van der Waals surface area contributed by atoms with Crippen molar-refractivity contribution >= 4 is 23.5 Å². The number of amides is 2. The molecule has 0 aromatic heterocycles. The van der Waals surface area contributed by atoms with Crippen molar-refractivity contribution in [1.29, 1.82) is 5.41 Å². The summed E-state index contributed by atoms with van der Waals surface area (Å²) in [5.74, 6) is 0.581. The molecule has 6 nitrogen and oxygen atoms in total. The molecule has 2 aromatic rings. The van der Waals surface area contributed by atoms with Crippen LogP contribution in [-0.4, -0.2) is 37.3 Å². The maximum Gasteiger partial charge on any atom is 0.324 e. The molecule has 0 saturated carbocycles. The smallest absolute Gasteiger partial charge is 0.324 e. The van der Waals surface area contributed by atoms with E-state index in [2.05, 4.69) is 19.1 Å². The van der Waals surface area contributed by atoms with Gasteiger partial charge in [-0.3, -0.25) is 4.90 Å². The number of hydrogen-bond donors (Lipinski definition) is 2. The summed E-state index contributed by atoms with van der Waals surface area (Å²) in [4.78, 5) is 16.5. The third-order valence-electron chi connectivity index (χ3n) is 4.86. The van der Waals surface area contributed by atoms with Gasteiger partial charge in [-0.2, -0.15) is 0 Å². The first-order valence-electron chi connectivity index (χ1n) is 8.80. The van der Waals surface area contributed by atoms with Crippen molar-refractivity contribution in [3.8, 4) is 5.75 Å². The number of ether oxygens (including phenoxy) is 1. The number of rotatable bonds is 6. The highest BCUT2D eigenvalue weighted by Crippen LogP contribution is 2.31. The molecule has 0 atom stereocenters. The van der Waals surface area contributed by atoms with Gasteiger partial charge in [-0.15, -0.1) is 0 Å². The van der Waals surface area contributed by atoms with Gasteiger partial charge < -0.3 is 20.8 Å².